The highest BCUT2D eigenvalue weighted by Gasteiger charge is 2.26. The summed E-state index contributed by atoms with van der Waals surface area (Å²) in [6.07, 6.45) is 1.58. The average Bonchev–Trinajstić information content (AvgIpc) is 2.47. The predicted octanol–water partition coefficient (Wildman–Crippen LogP) is 2.63. The van der Waals surface area contributed by atoms with E-state index >= 15 is 0 Å². The Morgan fingerprint density at radius 2 is 1.86 bits per heavy atom. The highest BCUT2D eigenvalue weighted by molar-refractivity contribution is 7.89. The second kappa shape index (κ2) is 5.99. The molecule has 0 spiro atoms. The van der Waals surface area contributed by atoms with Crippen molar-refractivity contribution >= 4 is 26.7 Å². The van der Waals surface area contributed by atoms with Crippen molar-refractivity contribution in [2.24, 2.45) is 0 Å². The maximum absolute atomic E-state index is 12.7. The molecule has 0 aliphatic heterocycles. The summed E-state index contributed by atoms with van der Waals surface area (Å²) in [7, 11) is -1.85. The molecule has 1 heterocycles. The number of fused-ring (bicyclic) bond motifs is 1. The maximum atomic E-state index is 12.7. The summed E-state index contributed by atoms with van der Waals surface area (Å²) < 4.78 is 26.8. The van der Waals surface area contributed by atoms with E-state index in [0.29, 0.717) is 11.3 Å². The van der Waals surface area contributed by atoms with Crippen molar-refractivity contribution in [1.29, 1.82) is 0 Å². The number of pyridine rings is 1. The number of benzene rings is 1. The second-order valence-corrected chi connectivity index (χ2v) is 7.08. The monoisotopic (exact) mass is 307 g/mol. The highest BCUT2D eigenvalue weighted by Crippen LogP contribution is 2.23. The molecule has 0 radical (unpaired) electrons. The molecular weight excluding hydrogens is 286 g/mol. The first kappa shape index (κ1) is 15.7. The molecule has 114 valence electrons. The van der Waals surface area contributed by atoms with E-state index in [9.17, 15) is 8.42 Å². The number of nitrogens with two attached hydrogens (primary N) is 1. The third-order valence-electron chi connectivity index (χ3n) is 3.82. The van der Waals surface area contributed by atoms with E-state index in [1.54, 1.807) is 37.4 Å². The molecule has 1 aromatic heterocycles. The highest BCUT2D eigenvalue weighted by atomic mass is 32.2. The van der Waals surface area contributed by atoms with Crippen LogP contribution >= 0.6 is 0 Å². The zero-order valence-corrected chi connectivity index (χ0v) is 13.4. The molecule has 0 atom stereocenters. The Bertz CT molecular complexity index is 740. The molecule has 0 bridgehead atoms. The van der Waals surface area contributed by atoms with Crippen molar-refractivity contribution in [2.45, 2.75) is 37.6 Å². The van der Waals surface area contributed by atoms with E-state index in [-0.39, 0.29) is 10.9 Å². The molecule has 2 rings (SSSR count). The van der Waals surface area contributed by atoms with Crippen LogP contribution in [-0.2, 0) is 10.0 Å². The van der Waals surface area contributed by atoms with E-state index < -0.39 is 10.0 Å². The zero-order chi connectivity index (χ0) is 15.6. The molecule has 0 saturated carbocycles. The number of aromatic nitrogens is 1. The van der Waals surface area contributed by atoms with Gasteiger partial charge in [-0.05, 0) is 43.2 Å². The molecular formula is C15H21N3O2S. The van der Waals surface area contributed by atoms with Crippen molar-refractivity contribution < 1.29 is 8.42 Å². The van der Waals surface area contributed by atoms with Gasteiger partial charge in [0.15, 0.2) is 0 Å². The van der Waals surface area contributed by atoms with Gasteiger partial charge in [-0.3, -0.25) is 0 Å². The fourth-order valence-corrected chi connectivity index (χ4v) is 3.98. The van der Waals surface area contributed by atoms with Crippen LogP contribution in [0.2, 0.25) is 0 Å². The summed E-state index contributed by atoms with van der Waals surface area (Å²) in [5.41, 5.74) is 6.33. The first-order chi connectivity index (χ1) is 9.90. The van der Waals surface area contributed by atoms with Gasteiger partial charge in [0.2, 0.25) is 10.0 Å². The molecule has 0 amide bonds. The van der Waals surface area contributed by atoms with Crippen LogP contribution < -0.4 is 5.73 Å². The van der Waals surface area contributed by atoms with Crippen molar-refractivity contribution in [2.75, 3.05) is 12.8 Å². The number of anilines is 1. The molecule has 21 heavy (non-hydrogen) atoms. The molecule has 0 aliphatic carbocycles. The van der Waals surface area contributed by atoms with Crippen LogP contribution in [0, 0.1) is 0 Å². The van der Waals surface area contributed by atoms with Crippen LogP contribution in [0.3, 0.4) is 0 Å². The van der Waals surface area contributed by atoms with Gasteiger partial charge in [-0.1, -0.05) is 13.8 Å². The van der Waals surface area contributed by atoms with E-state index in [1.165, 1.54) is 4.31 Å². The van der Waals surface area contributed by atoms with Gasteiger partial charge in [0.1, 0.15) is 5.82 Å². The first-order valence-corrected chi connectivity index (χ1v) is 8.48. The van der Waals surface area contributed by atoms with Gasteiger partial charge in [0.05, 0.1) is 10.4 Å². The van der Waals surface area contributed by atoms with Crippen LogP contribution in [0.4, 0.5) is 5.82 Å². The van der Waals surface area contributed by atoms with Gasteiger partial charge in [0, 0.05) is 18.5 Å². The van der Waals surface area contributed by atoms with E-state index in [1.807, 2.05) is 13.8 Å². The van der Waals surface area contributed by atoms with Gasteiger partial charge >= 0.3 is 0 Å². The summed E-state index contributed by atoms with van der Waals surface area (Å²) in [6, 6.07) is 8.39. The molecule has 2 aromatic rings. The van der Waals surface area contributed by atoms with Crippen molar-refractivity contribution in [3.63, 3.8) is 0 Å². The van der Waals surface area contributed by atoms with Gasteiger partial charge in [-0.2, -0.15) is 4.31 Å². The Morgan fingerprint density at radius 3 is 2.48 bits per heavy atom. The van der Waals surface area contributed by atoms with Crippen LogP contribution in [-0.4, -0.2) is 30.8 Å². The fourth-order valence-electron chi connectivity index (χ4n) is 2.45. The lowest BCUT2D eigenvalue weighted by Crippen LogP contribution is -2.36. The van der Waals surface area contributed by atoms with Crippen LogP contribution in [0.1, 0.15) is 26.7 Å². The first-order valence-electron chi connectivity index (χ1n) is 7.04. The minimum Gasteiger partial charge on any atom is -0.384 e. The van der Waals surface area contributed by atoms with E-state index in [2.05, 4.69) is 4.98 Å². The van der Waals surface area contributed by atoms with Gasteiger partial charge in [-0.15, -0.1) is 0 Å². The summed E-state index contributed by atoms with van der Waals surface area (Å²) >= 11 is 0. The summed E-state index contributed by atoms with van der Waals surface area (Å²) in [4.78, 5) is 4.47. The minimum atomic E-state index is -3.49. The molecule has 5 nitrogen and oxygen atoms in total. The molecule has 0 aliphatic rings. The smallest absolute Gasteiger partial charge is 0.243 e. The number of nitrogens with zero attached hydrogens (tertiary/aromatic N) is 2. The van der Waals surface area contributed by atoms with Crippen LogP contribution in [0.25, 0.3) is 10.9 Å². The van der Waals surface area contributed by atoms with Crippen molar-refractivity contribution in [3.05, 3.63) is 30.3 Å². The average molecular weight is 307 g/mol. The Morgan fingerprint density at radius 1 is 1.19 bits per heavy atom. The van der Waals surface area contributed by atoms with Crippen molar-refractivity contribution in [1.82, 2.24) is 9.29 Å². The lowest BCUT2D eigenvalue weighted by atomic mass is 10.2. The van der Waals surface area contributed by atoms with Crippen LogP contribution in [0.5, 0.6) is 0 Å². The third kappa shape index (κ3) is 3.01. The largest absolute Gasteiger partial charge is 0.384 e. The predicted molar refractivity (Wildman–Crippen MR) is 85.5 cm³/mol. The number of rotatable bonds is 5. The normalized spacial score (nSPS) is 12.4. The standard InChI is InChI=1S/C15H21N3O2S/c1-4-12(5-2)18(3)21(19,20)13-7-8-14-11(10-13)6-9-15(16)17-14/h6-10,12H,4-5H2,1-3H3,(H2,16,17). The molecule has 0 unspecified atom stereocenters. The summed E-state index contributed by atoms with van der Waals surface area (Å²) in [5.74, 6) is 0.423. The topological polar surface area (TPSA) is 76.3 Å². The molecule has 0 fully saturated rings. The van der Waals surface area contributed by atoms with Gasteiger partial charge in [0.25, 0.3) is 0 Å². The van der Waals surface area contributed by atoms with Gasteiger partial charge in [-0.25, -0.2) is 13.4 Å². The molecule has 2 N–H and O–H groups in total. The summed E-state index contributed by atoms with van der Waals surface area (Å²) in [5, 5.41) is 0.767. The quantitative estimate of drug-likeness (QED) is 0.921. The minimum absolute atomic E-state index is 0.00948. The van der Waals surface area contributed by atoms with E-state index in [0.717, 1.165) is 18.2 Å². The number of sulfonamides is 1. The Balaban J connectivity index is 2.47. The molecule has 1 aromatic carbocycles. The lowest BCUT2D eigenvalue weighted by Gasteiger charge is -2.25. The van der Waals surface area contributed by atoms with Crippen LogP contribution in [0.15, 0.2) is 35.2 Å². The third-order valence-corrected chi connectivity index (χ3v) is 5.72. The Kier molecular flexibility index (Phi) is 4.49. The Labute approximate surface area is 125 Å². The second-order valence-electron chi connectivity index (χ2n) is 5.08. The van der Waals surface area contributed by atoms with Crippen molar-refractivity contribution in [3.8, 4) is 0 Å². The lowest BCUT2D eigenvalue weighted by molar-refractivity contribution is 0.350. The number of hydrogen-bond donors (Lipinski definition) is 1. The van der Waals surface area contributed by atoms with Gasteiger partial charge < -0.3 is 5.73 Å². The molecule has 6 heteroatoms. The maximum Gasteiger partial charge on any atom is 0.243 e. The summed E-state index contributed by atoms with van der Waals surface area (Å²) in [6.45, 7) is 3.99. The number of hydrogen-bond acceptors (Lipinski definition) is 4. The Hall–Kier alpha value is -1.66. The number of nitrogen functional groups attached to an aromatic ring is 1. The zero-order valence-electron chi connectivity index (χ0n) is 12.6. The SMILES string of the molecule is CCC(CC)N(C)S(=O)(=O)c1ccc2nc(N)ccc2c1. The molecule has 0 saturated heterocycles. The fraction of sp³-hybridized carbons (Fsp3) is 0.400. The van der Waals surface area contributed by atoms with E-state index in [4.69, 9.17) is 5.73 Å².